The Bertz CT molecular complexity index is 849. The molecule has 3 N–H and O–H groups in total. The van der Waals surface area contributed by atoms with E-state index in [4.69, 9.17) is 4.74 Å². The van der Waals surface area contributed by atoms with E-state index in [2.05, 4.69) is 16.0 Å². The van der Waals surface area contributed by atoms with Crippen LogP contribution < -0.4 is 16.0 Å². The summed E-state index contributed by atoms with van der Waals surface area (Å²) in [5.74, 6) is -1.09. The Morgan fingerprint density at radius 3 is 2.39 bits per heavy atom. The first kappa shape index (κ1) is 21.0. The second-order valence-corrected chi connectivity index (χ2v) is 6.58. The monoisotopic (exact) mass is 383 g/mol. The fourth-order valence-electron chi connectivity index (χ4n) is 2.45. The molecule has 0 aliphatic rings. The minimum absolute atomic E-state index is 0.0453. The van der Waals surface area contributed by atoms with E-state index >= 15 is 0 Å². The van der Waals surface area contributed by atoms with E-state index in [9.17, 15) is 14.4 Å². The Morgan fingerprint density at radius 2 is 1.68 bits per heavy atom. The Morgan fingerprint density at radius 1 is 1.00 bits per heavy atom. The smallest absolute Gasteiger partial charge is 0.340 e. The molecule has 148 valence electrons. The second kappa shape index (κ2) is 10.1. The van der Waals surface area contributed by atoms with Gasteiger partial charge in [0.25, 0.3) is 5.91 Å². The van der Waals surface area contributed by atoms with Gasteiger partial charge in [0.1, 0.15) is 0 Å². The lowest BCUT2D eigenvalue weighted by Gasteiger charge is -2.13. The summed E-state index contributed by atoms with van der Waals surface area (Å²) in [6.07, 6.45) is 0. The van der Waals surface area contributed by atoms with Crippen molar-refractivity contribution in [2.45, 2.75) is 33.4 Å². The number of ether oxygens (including phenoxy) is 1. The van der Waals surface area contributed by atoms with Crippen molar-refractivity contribution in [1.29, 1.82) is 0 Å². The van der Waals surface area contributed by atoms with Gasteiger partial charge < -0.3 is 20.7 Å². The van der Waals surface area contributed by atoms with Gasteiger partial charge in [-0.15, -0.1) is 0 Å². The topological polar surface area (TPSA) is 96.5 Å². The largest absolute Gasteiger partial charge is 0.452 e. The summed E-state index contributed by atoms with van der Waals surface area (Å²) < 4.78 is 5.09. The lowest BCUT2D eigenvalue weighted by molar-refractivity contribution is -0.124. The first-order valence-corrected chi connectivity index (χ1v) is 9.01. The van der Waals surface area contributed by atoms with Gasteiger partial charge >= 0.3 is 12.0 Å². The van der Waals surface area contributed by atoms with Crippen molar-refractivity contribution in [3.05, 3.63) is 65.2 Å². The average molecular weight is 383 g/mol. The molecule has 0 spiro atoms. The highest BCUT2D eigenvalue weighted by Gasteiger charge is 2.16. The molecule has 0 aromatic heterocycles. The van der Waals surface area contributed by atoms with E-state index in [0.717, 1.165) is 11.1 Å². The Labute approximate surface area is 164 Å². The summed E-state index contributed by atoms with van der Waals surface area (Å²) in [5, 5.41) is 8.01. The van der Waals surface area contributed by atoms with E-state index in [1.54, 1.807) is 18.2 Å². The number of carbonyl (C=O) groups excluding carboxylic acids is 3. The van der Waals surface area contributed by atoms with Crippen molar-refractivity contribution >= 4 is 23.6 Å². The molecule has 2 aromatic rings. The molecule has 2 aromatic carbocycles. The second-order valence-electron chi connectivity index (χ2n) is 6.58. The molecule has 7 nitrogen and oxygen atoms in total. The first-order valence-electron chi connectivity index (χ1n) is 9.01. The number of rotatable bonds is 7. The third-order valence-electron chi connectivity index (χ3n) is 3.89. The summed E-state index contributed by atoms with van der Waals surface area (Å²) in [6.45, 7) is 5.57. The fourth-order valence-corrected chi connectivity index (χ4v) is 2.45. The lowest BCUT2D eigenvalue weighted by atomic mass is 10.1. The minimum Gasteiger partial charge on any atom is -0.452 e. The first-order chi connectivity index (χ1) is 13.4. The van der Waals surface area contributed by atoms with Crippen molar-refractivity contribution in [1.82, 2.24) is 10.6 Å². The van der Waals surface area contributed by atoms with Crippen LogP contribution in [-0.2, 0) is 16.1 Å². The molecule has 0 heterocycles. The highest BCUT2D eigenvalue weighted by atomic mass is 16.5. The number of hydrogen-bond donors (Lipinski definition) is 3. The lowest BCUT2D eigenvalue weighted by Crippen LogP contribution is -2.34. The maximum absolute atomic E-state index is 12.3. The molecular weight excluding hydrogens is 358 g/mol. The van der Waals surface area contributed by atoms with E-state index in [0.29, 0.717) is 12.2 Å². The maximum atomic E-state index is 12.3. The van der Waals surface area contributed by atoms with Gasteiger partial charge in [-0.1, -0.05) is 36.4 Å². The van der Waals surface area contributed by atoms with Gasteiger partial charge in [0.05, 0.1) is 11.3 Å². The molecule has 0 radical (unpaired) electrons. The highest BCUT2D eigenvalue weighted by Crippen LogP contribution is 2.16. The molecule has 0 fully saturated rings. The minimum atomic E-state index is -0.688. The Kier molecular flexibility index (Phi) is 7.56. The number of amides is 3. The van der Waals surface area contributed by atoms with Crippen LogP contribution in [0.3, 0.4) is 0 Å². The fraction of sp³-hybridized carbons (Fsp3) is 0.286. The van der Waals surface area contributed by atoms with Gasteiger partial charge in [-0.2, -0.15) is 0 Å². The van der Waals surface area contributed by atoms with Crippen LogP contribution in [0.15, 0.2) is 48.5 Å². The van der Waals surface area contributed by atoms with Gasteiger partial charge in [0, 0.05) is 12.6 Å². The zero-order valence-corrected chi connectivity index (χ0v) is 16.2. The van der Waals surface area contributed by atoms with Crippen molar-refractivity contribution < 1.29 is 19.1 Å². The van der Waals surface area contributed by atoms with Crippen molar-refractivity contribution in [3.63, 3.8) is 0 Å². The molecular formula is C21H25N3O4. The predicted octanol–water partition coefficient (Wildman–Crippen LogP) is 3.00. The number of benzene rings is 2. The van der Waals surface area contributed by atoms with E-state index in [1.807, 2.05) is 45.0 Å². The molecule has 0 unspecified atom stereocenters. The number of anilines is 1. The normalized spacial score (nSPS) is 10.3. The van der Waals surface area contributed by atoms with Gasteiger partial charge in [-0.25, -0.2) is 9.59 Å². The van der Waals surface area contributed by atoms with E-state index in [1.165, 1.54) is 6.07 Å². The molecule has 0 aliphatic heterocycles. The van der Waals surface area contributed by atoms with Crippen LogP contribution >= 0.6 is 0 Å². The Hall–Kier alpha value is -3.35. The standard InChI is InChI=1S/C21H25N3O4/c1-14(2)23-21(27)24-18-11-7-6-10-17(18)20(26)28-13-19(25)22-12-16-9-5-4-8-15(16)3/h4-11,14H,12-13H2,1-3H3,(H,22,25)(H2,23,24,27). The molecule has 28 heavy (non-hydrogen) atoms. The third kappa shape index (κ3) is 6.42. The van der Waals surface area contributed by atoms with Gasteiger partial charge in [0.15, 0.2) is 6.61 Å². The number of hydrogen-bond acceptors (Lipinski definition) is 4. The molecule has 3 amide bonds. The predicted molar refractivity (Wildman–Crippen MR) is 107 cm³/mol. The van der Waals surface area contributed by atoms with Crippen molar-refractivity contribution in [2.75, 3.05) is 11.9 Å². The number of nitrogens with one attached hydrogen (secondary N) is 3. The quantitative estimate of drug-likeness (QED) is 0.641. The van der Waals surface area contributed by atoms with Gasteiger partial charge in [-0.05, 0) is 44.0 Å². The van der Waals surface area contributed by atoms with Crippen LogP contribution in [-0.4, -0.2) is 30.6 Å². The summed E-state index contributed by atoms with van der Waals surface area (Å²) >= 11 is 0. The van der Waals surface area contributed by atoms with Crippen LogP contribution in [0.1, 0.15) is 35.3 Å². The molecule has 0 saturated carbocycles. The molecule has 0 aliphatic carbocycles. The van der Waals surface area contributed by atoms with E-state index in [-0.39, 0.29) is 11.6 Å². The number of urea groups is 1. The summed E-state index contributed by atoms with van der Waals surface area (Å²) in [7, 11) is 0. The van der Waals surface area contributed by atoms with E-state index < -0.39 is 24.5 Å². The average Bonchev–Trinajstić information content (AvgIpc) is 2.65. The SMILES string of the molecule is Cc1ccccc1CNC(=O)COC(=O)c1ccccc1NC(=O)NC(C)C. The molecule has 0 bridgehead atoms. The van der Waals surface area contributed by atoms with Gasteiger partial charge in [0.2, 0.25) is 0 Å². The number of carbonyl (C=O) groups is 3. The van der Waals surface area contributed by atoms with Crippen LogP contribution in [0.2, 0.25) is 0 Å². The van der Waals surface area contributed by atoms with Crippen LogP contribution in [0.5, 0.6) is 0 Å². The third-order valence-corrected chi connectivity index (χ3v) is 3.89. The molecule has 0 atom stereocenters. The van der Waals surface area contributed by atoms with Gasteiger partial charge in [-0.3, -0.25) is 4.79 Å². The van der Waals surface area contributed by atoms with Crippen LogP contribution in [0.4, 0.5) is 10.5 Å². The molecule has 2 rings (SSSR count). The van der Waals surface area contributed by atoms with Crippen molar-refractivity contribution in [2.24, 2.45) is 0 Å². The maximum Gasteiger partial charge on any atom is 0.340 e. The number of para-hydroxylation sites is 1. The Balaban J connectivity index is 1.89. The summed E-state index contributed by atoms with van der Waals surface area (Å²) in [5.41, 5.74) is 2.55. The summed E-state index contributed by atoms with van der Waals surface area (Å²) in [4.78, 5) is 36.2. The molecule has 0 saturated heterocycles. The van der Waals surface area contributed by atoms with Crippen LogP contribution in [0, 0.1) is 6.92 Å². The van der Waals surface area contributed by atoms with Crippen molar-refractivity contribution in [3.8, 4) is 0 Å². The molecule has 7 heteroatoms. The highest BCUT2D eigenvalue weighted by molar-refractivity contribution is 6.01. The zero-order chi connectivity index (χ0) is 20.5. The number of esters is 1. The zero-order valence-electron chi connectivity index (χ0n) is 16.2. The van der Waals surface area contributed by atoms with Crippen LogP contribution in [0.25, 0.3) is 0 Å². The number of aryl methyl sites for hydroxylation is 1. The summed E-state index contributed by atoms with van der Waals surface area (Å²) in [6, 6.07) is 13.7.